The zero-order valence-electron chi connectivity index (χ0n) is 20.2. The molecule has 0 N–H and O–H groups in total. The highest BCUT2D eigenvalue weighted by atomic mass is 19.3. The van der Waals surface area contributed by atoms with Gasteiger partial charge in [0.25, 0.3) is 12.3 Å². The molecule has 3 heterocycles. The van der Waals surface area contributed by atoms with Gasteiger partial charge in [0, 0.05) is 38.3 Å². The highest BCUT2D eigenvalue weighted by Crippen LogP contribution is 2.32. The molecular weight excluding hydrogens is 464 g/mol. The van der Waals surface area contributed by atoms with Crippen LogP contribution < -0.4 is 4.74 Å². The largest absolute Gasteiger partial charge is 0.496 e. The minimum atomic E-state index is -2.79. The molecule has 0 radical (unpaired) electrons. The Hall–Kier alpha value is -3.85. The summed E-state index contributed by atoms with van der Waals surface area (Å²) in [4.78, 5) is 22.1. The molecule has 1 amide bonds. The molecular formula is C27H27F2N5O2. The number of benzene rings is 2. The predicted octanol–water partition coefficient (Wildman–Crippen LogP) is 4.61. The van der Waals surface area contributed by atoms with Gasteiger partial charge in [0.2, 0.25) is 0 Å². The lowest BCUT2D eigenvalue weighted by Crippen LogP contribution is -2.48. The Morgan fingerprint density at radius 3 is 2.47 bits per heavy atom. The van der Waals surface area contributed by atoms with Gasteiger partial charge in [-0.15, -0.1) is 0 Å². The van der Waals surface area contributed by atoms with E-state index in [1.165, 1.54) is 30.5 Å². The Balaban J connectivity index is 1.40. The standard InChI is InChI=1S/C27H27F2N5O2/c1-18-7-9-19(10-8-18)17-32-11-13-33(14-12-32)27(35)21-16-30-34-23(25(28)29)15-22(31-26(21)34)20-5-3-4-6-24(20)36-2/h3-10,15-16,25H,11-14,17H2,1-2H3. The number of alkyl halides is 2. The van der Waals surface area contributed by atoms with Gasteiger partial charge in [0.05, 0.1) is 19.0 Å². The van der Waals surface area contributed by atoms with E-state index in [1.807, 2.05) is 0 Å². The van der Waals surface area contributed by atoms with Crippen LogP contribution in [0.5, 0.6) is 5.75 Å². The molecule has 4 aromatic rings. The molecule has 1 saturated heterocycles. The van der Waals surface area contributed by atoms with Gasteiger partial charge in [0.1, 0.15) is 17.0 Å². The summed E-state index contributed by atoms with van der Waals surface area (Å²) in [6.45, 7) is 5.40. The van der Waals surface area contributed by atoms with Crippen LogP contribution in [0.2, 0.25) is 0 Å². The third-order valence-electron chi connectivity index (χ3n) is 6.52. The van der Waals surface area contributed by atoms with E-state index in [2.05, 4.69) is 46.2 Å². The summed E-state index contributed by atoms with van der Waals surface area (Å²) in [5.74, 6) is 0.247. The van der Waals surface area contributed by atoms with Crippen LogP contribution in [-0.2, 0) is 6.54 Å². The van der Waals surface area contributed by atoms with Crippen LogP contribution in [-0.4, -0.2) is 63.6 Å². The Kier molecular flexibility index (Phi) is 6.65. The first-order chi connectivity index (χ1) is 17.4. The molecule has 9 heteroatoms. The van der Waals surface area contributed by atoms with E-state index in [1.54, 1.807) is 29.2 Å². The average molecular weight is 492 g/mol. The van der Waals surface area contributed by atoms with Crippen molar-refractivity contribution in [2.75, 3.05) is 33.3 Å². The first-order valence-electron chi connectivity index (χ1n) is 11.8. The van der Waals surface area contributed by atoms with Crippen LogP contribution in [0.15, 0.2) is 60.8 Å². The SMILES string of the molecule is COc1ccccc1-c1cc(C(F)F)n2ncc(C(=O)N3CCN(Cc4ccc(C)cc4)CC3)c2n1. The van der Waals surface area contributed by atoms with Crippen molar-refractivity contribution < 1.29 is 18.3 Å². The topological polar surface area (TPSA) is 63.0 Å². The van der Waals surface area contributed by atoms with Crippen molar-refractivity contribution in [3.63, 3.8) is 0 Å². The number of nitrogens with zero attached hydrogens (tertiary/aromatic N) is 5. The lowest BCUT2D eigenvalue weighted by atomic mass is 10.1. The van der Waals surface area contributed by atoms with Gasteiger partial charge in [0.15, 0.2) is 5.65 Å². The lowest BCUT2D eigenvalue weighted by molar-refractivity contribution is 0.0630. The van der Waals surface area contributed by atoms with Gasteiger partial charge in [-0.05, 0) is 30.7 Å². The van der Waals surface area contributed by atoms with E-state index in [0.29, 0.717) is 30.1 Å². The number of aryl methyl sites for hydroxylation is 1. The van der Waals surface area contributed by atoms with E-state index < -0.39 is 6.43 Å². The third-order valence-corrected chi connectivity index (χ3v) is 6.52. The van der Waals surface area contributed by atoms with Crippen molar-refractivity contribution in [3.8, 4) is 17.0 Å². The molecule has 186 valence electrons. The second-order valence-corrected chi connectivity index (χ2v) is 8.91. The summed E-state index contributed by atoms with van der Waals surface area (Å²) in [7, 11) is 1.51. The second-order valence-electron chi connectivity index (χ2n) is 8.91. The molecule has 2 aromatic carbocycles. The molecule has 1 fully saturated rings. The number of carbonyl (C=O) groups excluding carboxylic acids is 1. The summed E-state index contributed by atoms with van der Waals surface area (Å²) in [5, 5.41) is 4.10. The van der Waals surface area contributed by atoms with Gasteiger partial charge >= 0.3 is 0 Å². The number of fused-ring (bicyclic) bond motifs is 1. The van der Waals surface area contributed by atoms with Gasteiger partial charge in [-0.2, -0.15) is 5.10 Å². The smallest absolute Gasteiger partial charge is 0.280 e. The number of carbonyl (C=O) groups is 1. The van der Waals surface area contributed by atoms with E-state index >= 15 is 0 Å². The Morgan fingerprint density at radius 2 is 1.78 bits per heavy atom. The Labute approximate surface area is 207 Å². The predicted molar refractivity (Wildman–Crippen MR) is 132 cm³/mol. The molecule has 0 spiro atoms. The van der Waals surface area contributed by atoms with E-state index in [9.17, 15) is 13.6 Å². The molecule has 2 aromatic heterocycles. The summed E-state index contributed by atoms with van der Waals surface area (Å²) < 4.78 is 34.4. The molecule has 0 unspecified atom stereocenters. The summed E-state index contributed by atoms with van der Waals surface area (Å²) in [6.07, 6.45) is -1.46. The van der Waals surface area contributed by atoms with Crippen molar-refractivity contribution in [2.45, 2.75) is 19.9 Å². The lowest BCUT2D eigenvalue weighted by Gasteiger charge is -2.34. The van der Waals surface area contributed by atoms with Crippen LogP contribution in [0.1, 0.15) is 33.6 Å². The Morgan fingerprint density at radius 1 is 1.06 bits per heavy atom. The van der Waals surface area contributed by atoms with Gasteiger partial charge < -0.3 is 9.64 Å². The fourth-order valence-electron chi connectivity index (χ4n) is 4.52. The molecule has 1 aliphatic heterocycles. The molecule has 7 nitrogen and oxygen atoms in total. The van der Waals surface area contributed by atoms with Gasteiger partial charge in [-0.25, -0.2) is 18.3 Å². The minimum Gasteiger partial charge on any atom is -0.496 e. The van der Waals surface area contributed by atoms with Crippen molar-refractivity contribution in [1.29, 1.82) is 0 Å². The summed E-state index contributed by atoms with van der Waals surface area (Å²) >= 11 is 0. The number of ether oxygens (including phenoxy) is 1. The molecule has 0 aliphatic carbocycles. The number of hydrogen-bond donors (Lipinski definition) is 0. The van der Waals surface area contributed by atoms with Crippen molar-refractivity contribution in [2.24, 2.45) is 0 Å². The maximum absolute atomic E-state index is 14.0. The van der Waals surface area contributed by atoms with Crippen LogP contribution in [0.4, 0.5) is 8.78 Å². The number of methoxy groups -OCH3 is 1. The normalized spacial score (nSPS) is 14.5. The highest BCUT2D eigenvalue weighted by molar-refractivity contribution is 6.00. The number of para-hydroxylation sites is 1. The van der Waals surface area contributed by atoms with Gasteiger partial charge in [-0.1, -0.05) is 42.0 Å². The first kappa shape index (κ1) is 23.9. The number of amides is 1. The highest BCUT2D eigenvalue weighted by Gasteiger charge is 2.27. The van der Waals surface area contributed by atoms with Crippen LogP contribution in [0.3, 0.4) is 0 Å². The molecule has 36 heavy (non-hydrogen) atoms. The average Bonchev–Trinajstić information content (AvgIpc) is 3.33. The summed E-state index contributed by atoms with van der Waals surface area (Å²) in [5.41, 5.74) is 3.31. The number of aromatic nitrogens is 3. The molecule has 1 aliphatic rings. The second kappa shape index (κ2) is 10.0. The van der Waals surface area contributed by atoms with Crippen molar-refractivity contribution in [1.82, 2.24) is 24.4 Å². The monoisotopic (exact) mass is 491 g/mol. The fraction of sp³-hybridized carbons (Fsp3) is 0.296. The van der Waals surface area contributed by atoms with E-state index in [-0.39, 0.29) is 22.8 Å². The summed E-state index contributed by atoms with van der Waals surface area (Å²) in [6, 6.07) is 16.8. The maximum Gasteiger partial charge on any atom is 0.280 e. The number of piperazine rings is 1. The number of halogens is 2. The molecule has 0 bridgehead atoms. The van der Waals surface area contributed by atoms with E-state index in [4.69, 9.17) is 4.74 Å². The molecule has 0 atom stereocenters. The number of hydrogen-bond acceptors (Lipinski definition) is 5. The van der Waals surface area contributed by atoms with Crippen LogP contribution in [0, 0.1) is 6.92 Å². The van der Waals surface area contributed by atoms with Crippen molar-refractivity contribution >= 4 is 11.6 Å². The third kappa shape index (κ3) is 4.66. The van der Waals surface area contributed by atoms with Crippen LogP contribution in [0.25, 0.3) is 16.9 Å². The maximum atomic E-state index is 14.0. The minimum absolute atomic E-state index is 0.112. The van der Waals surface area contributed by atoms with Crippen LogP contribution >= 0.6 is 0 Å². The first-order valence-corrected chi connectivity index (χ1v) is 11.8. The zero-order chi connectivity index (χ0) is 25.2. The Bertz CT molecular complexity index is 1380. The van der Waals surface area contributed by atoms with Gasteiger partial charge in [-0.3, -0.25) is 9.69 Å². The van der Waals surface area contributed by atoms with E-state index in [0.717, 1.165) is 24.1 Å². The van der Waals surface area contributed by atoms with Crippen molar-refractivity contribution in [3.05, 3.63) is 83.2 Å². The zero-order valence-corrected chi connectivity index (χ0v) is 20.2. The molecule has 0 saturated carbocycles. The fourth-order valence-corrected chi connectivity index (χ4v) is 4.52. The molecule has 5 rings (SSSR count). The number of rotatable bonds is 6. The quantitative estimate of drug-likeness (QED) is 0.394.